The van der Waals surface area contributed by atoms with E-state index in [2.05, 4.69) is 26.1 Å². The summed E-state index contributed by atoms with van der Waals surface area (Å²) in [6, 6.07) is 0. The number of carboxylic acid groups (broad SMARTS) is 1. The molecule has 3 nitrogen and oxygen atoms in total. The van der Waals surface area contributed by atoms with Crippen molar-refractivity contribution < 1.29 is 9.90 Å². The quantitative estimate of drug-likeness (QED) is 0.759. The van der Waals surface area contributed by atoms with Gasteiger partial charge in [0.15, 0.2) is 0 Å². The summed E-state index contributed by atoms with van der Waals surface area (Å²) < 4.78 is 0. The lowest BCUT2D eigenvalue weighted by Gasteiger charge is -2.50. The number of carbonyl (C=O) groups is 1. The van der Waals surface area contributed by atoms with E-state index in [1.165, 1.54) is 6.42 Å². The molecule has 16 heavy (non-hydrogen) atoms. The normalized spacial score (nSPS) is 28.9. The molecule has 3 heteroatoms. The number of hydrogen-bond acceptors (Lipinski definition) is 2. The highest BCUT2D eigenvalue weighted by atomic mass is 16.4. The minimum Gasteiger partial charge on any atom is -0.481 e. The predicted octanol–water partition coefficient (Wildman–Crippen LogP) is 2.80. The SMILES string of the molecule is CCCNC1(CC(=O)O)CCCCC1(C)C. The Bertz CT molecular complexity index is 250. The fourth-order valence-corrected chi connectivity index (χ4v) is 2.91. The molecule has 0 aliphatic heterocycles. The van der Waals surface area contributed by atoms with E-state index in [4.69, 9.17) is 5.11 Å². The van der Waals surface area contributed by atoms with Gasteiger partial charge >= 0.3 is 5.97 Å². The van der Waals surface area contributed by atoms with E-state index in [1.54, 1.807) is 0 Å². The predicted molar refractivity (Wildman–Crippen MR) is 65.5 cm³/mol. The van der Waals surface area contributed by atoms with Crippen molar-refractivity contribution in [3.63, 3.8) is 0 Å². The van der Waals surface area contributed by atoms with Gasteiger partial charge in [0.05, 0.1) is 6.42 Å². The molecule has 0 amide bonds. The van der Waals surface area contributed by atoms with Crippen LogP contribution in [0.3, 0.4) is 0 Å². The zero-order valence-corrected chi connectivity index (χ0v) is 10.8. The minimum atomic E-state index is -0.682. The molecule has 0 aromatic heterocycles. The second-order valence-corrected chi connectivity index (χ2v) is 5.67. The van der Waals surface area contributed by atoms with Crippen molar-refractivity contribution in [1.82, 2.24) is 5.32 Å². The first kappa shape index (κ1) is 13.5. The Labute approximate surface area is 98.6 Å². The summed E-state index contributed by atoms with van der Waals surface area (Å²) in [5.41, 5.74) is -0.119. The molecule has 94 valence electrons. The van der Waals surface area contributed by atoms with E-state index in [0.29, 0.717) is 0 Å². The van der Waals surface area contributed by atoms with Gasteiger partial charge in [-0.05, 0) is 31.2 Å². The largest absolute Gasteiger partial charge is 0.481 e. The average Bonchev–Trinajstić information content (AvgIpc) is 2.18. The zero-order valence-electron chi connectivity index (χ0n) is 10.8. The molecule has 1 atom stereocenters. The van der Waals surface area contributed by atoms with E-state index >= 15 is 0 Å². The summed E-state index contributed by atoms with van der Waals surface area (Å²) >= 11 is 0. The molecule has 1 rings (SSSR count). The molecule has 1 aliphatic carbocycles. The summed E-state index contributed by atoms with van der Waals surface area (Å²) in [7, 11) is 0. The lowest BCUT2D eigenvalue weighted by Crippen LogP contribution is -2.59. The smallest absolute Gasteiger partial charge is 0.305 e. The summed E-state index contributed by atoms with van der Waals surface area (Å²) in [5.74, 6) is -0.682. The number of rotatable bonds is 5. The van der Waals surface area contributed by atoms with Crippen LogP contribution in [0.5, 0.6) is 0 Å². The van der Waals surface area contributed by atoms with Crippen LogP contribution in [0.2, 0.25) is 0 Å². The number of hydrogen-bond donors (Lipinski definition) is 2. The molecule has 0 saturated heterocycles. The molecule has 0 aromatic carbocycles. The van der Waals surface area contributed by atoms with Gasteiger partial charge in [-0.25, -0.2) is 0 Å². The molecular weight excluding hydrogens is 202 g/mol. The van der Waals surface area contributed by atoms with Gasteiger partial charge in [-0.2, -0.15) is 0 Å². The van der Waals surface area contributed by atoms with Gasteiger partial charge in [0.1, 0.15) is 0 Å². The van der Waals surface area contributed by atoms with E-state index in [-0.39, 0.29) is 17.4 Å². The molecule has 1 saturated carbocycles. The maximum Gasteiger partial charge on any atom is 0.305 e. The second kappa shape index (κ2) is 5.17. The van der Waals surface area contributed by atoms with Crippen LogP contribution in [0.4, 0.5) is 0 Å². The Hall–Kier alpha value is -0.570. The van der Waals surface area contributed by atoms with E-state index in [1.807, 2.05) is 0 Å². The van der Waals surface area contributed by atoms with Gasteiger partial charge in [-0.15, -0.1) is 0 Å². The van der Waals surface area contributed by atoms with Gasteiger partial charge in [0.2, 0.25) is 0 Å². The van der Waals surface area contributed by atoms with Crippen molar-refractivity contribution in [3.05, 3.63) is 0 Å². The van der Waals surface area contributed by atoms with Crippen molar-refractivity contribution in [2.45, 2.75) is 64.8 Å². The fraction of sp³-hybridized carbons (Fsp3) is 0.923. The third-order valence-corrected chi connectivity index (χ3v) is 4.12. The van der Waals surface area contributed by atoms with Crippen molar-refractivity contribution in [1.29, 1.82) is 0 Å². The standard InChI is InChI=1S/C13H25NO2/c1-4-9-14-13(10-11(15)16)8-6-5-7-12(13,2)3/h14H,4-10H2,1-3H3,(H,15,16). The van der Waals surface area contributed by atoms with Crippen molar-refractivity contribution >= 4 is 5.97 Å². The Morgan fingerprint density at radius 1 is 1.31 bits per heavy atom. The van der Waals surface area contributed by atoms with Crippen LogP contribution in [0.15, 0.2) is 0 Å². The first-order valence-electron chi connectivity index (χ1n) is 6.40. The second-order valence-electron chi connectivity index (χ2n) is 5.67. The van der Waals surface area contributed by atoms with Crippen LogP contribution in [0, 0.1) is 5.41 Å². The highest BCUT2D eigenvalue weighted by molar-refractivity contribution is 5.68. The van der Waals surface area contributed by atoms with Crippen LogP contribution in [0.25, 0.3) is 0 Å². The van der Waals surface area contributed by atoms with Crippen LogP contribution in [-0.2, 0) is 4.79 Å². The monoisotopic (exact) mass is 227 g/mol. The fourth-order valence-electron chi connectivity index (χ4n) is 2.91. The maximum absolute atomic E-state index is 11.1. The number of aliphatic carboxylic acids is 1. The van der Waals surface area contributed by atoms with Crippen LogP contribution >= 0.6 is 0 Å². The van der Waals surface area contributed by atoms with Gasteiger partial charge in [0.25, 0.3) is 0 Å². The van der Waals surface area contributed by atoms with Gasteiger partial charge in [0, 0.05) is 5.54 Å². The lowest BCUT2D eigenvalue weighted by atomic mass is 9.61. The van der Waals surface area contributed by atoms with Gasteiger partial charge in [-0.1, -0.05) is 33.6 Å². The lowest BCUT2D eigenvalue weighted by molar-refractivity contribution is -0.141. The van der Waals surface area contributed by atoms with E-state index in [0.717, 1.165) is 32.2 Å². The topological polar surface area (TPSA) is 49.3 Å². The first-order valence-corrected chi connectivity index (χ1v) is 6.40. The number of carboxylic acids is 1. The van der Waals surface area contributed by atoms with Crippen molar-refractivity contribution in [2.75, 3.05) is 6.54 Å². The van der Waals surface area contributed by atoms with E-state index in [9.17, 15) is 4.79 Å². The Kier molecular flexibility index (Phi) is 4.36. The van der Waals surface area contributed by atoms with Crippen molar-refractivity contribution in [2.24, 2.45) is 5.41 Å². The molecule has 0 spiro atoms. The summed E-state index contributed by atoms with van der Waals surface area (Å²) in [6.45, 7) is 7.45. The molecule has 1 fully saturated rings. The first-order chi connectivity index (χ1) is 7.43. The number of nitrogens with one attached hydrogen (secondary N) is 1. The molecule has 0 bridgehead atoms. The Morgan fingerprint density at radius 3 is 2.44 bits per heavy atom. The van der Waals surface area contributed by atoms with Crippen LogP contribution < -0.4 is 5.32 Å². The Morgan fingerprint density at radius 2 is 1.94 bits per heavy atom. The van der Waals surface area contributed by atoms with E-state index < -0.39 is 5.97 Å². The molecule has 0 heterocycles. The molecule has 1 unspecified atom stereocenters. The van der Waals surface area contributed by atoms with Gasteiger partial charge in [-0.3, -0.25) is 4.79 Å². The Balaban J connectivity index is 2.85. The highest BCUT2D eigenvalue weighted by Gasteiger charge is 2.47. The summed E-state index contributed by atoms with van der Waals surface area (Å²) in [4.78, 5) is 11.1. The third-order valence-electron chi connectivity index (χ3n) is 4.12. The molecule has 0 radical (unpaired) electrons. The van der Waals surface area contributed by atoms with Crippen LogP contribution in [-0.4, -0.2) is 23.2 Å². The summed E-state index contributed by atoms with van der Waals surface area (Å²) in [6.07, 6.45) is 5.79. The molecular formula is C13H25NO2. The van der Waals surface area contributed by atoms with Crippen molar-refractivity contribution in [3.8, 4) is 0 Å². The molecule has 2 N–H and O–H groups in total. The zero-order chi connectivity index (χ0) is 12.2. The van der Waals surface area contributed by atoms with Gasteiger partial charge < -0.3 is 10.4 Å². The maximum atomic E-state index is 11.1. The average molecular weight is 227 g/mol. The third kappa shape index (κ3) is 2.76. The summed E-state index contributed by atoms with van der Waals surface area (Å²) in [5, 5.41) is 12.6. The minimum absolute atomic E-state index is 0.0822. The van der Waals surface area contributed by atoms with Crippen LogP contribution in [0.1, 0.15) is 59.3 Å². The molecule has 1 aliphatic rings. The highest BCUT2D eigenvalue weighted by Crippen LogP contribution is 2.45. The molecule has 0 aromatic rings.